The zero-order valence-corrected chi connectivity index (χ0v) is 12.8. The van der Waals surface area contributed by atoms with Crippen molar-refractivity contribution in [3.8, 4) is 0 Å². The third-order valence-corrected chi connectivity index (χ3v) is 7.41. The van der Waals surface area contributed by atoms with Gasteiger partial charge in [-0.15, -0.1) is 0 Å². The SMILES string of the molecule is CC1(C)C(CNC2CCC23CCCCC3)C1(C)C. The van der Waals surface area contributed by atoms with Gasteiger partial charge >= 0.3 is 0 Å². The molecule has 18 heavy (non-hydrogen) atoms. The van der Waals surface area contributed by atoms with Crippen molar-refractivity contribution in [3.05, 3.63) is 0 Å². The molecule has 3 aliphatic rings. The average molecular weight is 249 g/mol. The lowest BCUT2D eigenvalue weighted by Crippen LogP contribution is -2.54. The molecule has 0 aromatic carbocycles. The molecule has 0 bridgehead atoms. The second-order valence-corrected chi connectivity index (χ2v) is 8.42. The summed E-state index contributed by atoms with van der Waals surface area (Å²) in [6.07, 6.45) is 10.4. The van der Waals surface area contributed by atoms with Gasteiger partial charge in [0, 0.05) is 6.04 Å². The predicted molar refractivity (Wildman–Crippen MR) is 77.6 cm³/mol. The molecule has 1 N–H and O–H groups in total. The van der Waals surface area contributed by atoms with Crippen molar-refractivity contribution in [1.29, 1.82) is 0 Å². The first-order valence-electron chi connectivity index (χ1n) is 8.14. The maximum absolute atomic E-state index is 3.95. The second kappa shape index (κ2) is 3.98. The summed E-state index contributed by atoms with van der Waals surface area (Å²) in [6.45, 7) is 11.0. The third kappa shape index (κ3) is 1.69. The van der Waals surface area contributed by atoms with Crippen LogP contribution in [0.15, 0.2) is 0 Å². The highest BCUT2D eigenvalue weighted by Crippen LogP contribution is 2.68. The van der Waals surface area contributed by atoms with Gasteiger partial charge in [0.25, 0.3) is 0 Å². The standard InChI is InChI=1S/C17H31N/c1-15(2)13(16(15,3)4)12-18-14-8-11-17(14)9-6-5-7-10-17/h13-14,18H,5-12H2,1-4H3. The summed E-state index contributed by atoms with van der Waals surface area (Å²) >= 11 is 0. The molecule has 3 rings (SSSR count). The van der Waals surface area contributed by atoms with Crippen molar-refractivity contribution < 1.29 is 0 Å². The van der Waals surface area contributed by atoms with Crippen molar-refractivity contribution in [2.75, 3.05) is 6.54 Å². The van der Waals surface area contributed by atoms with E-state index in [1.54, 1.807) is 0 Å². The Morgan fingerprint density at radius 2 is 1.50 bits per heavy atom. The molecular formula is C17H31N. The molecule has 104 valence electrons. The summed E-state index contributed by atoms with van der Waals surface area (Å²) in [4.78, 5) is 0. The van der Waals surface area contributed by atoms with Gasteiger partial charge in [0.05, 0.1) is 0 Å². The minimum atomic E-state index is 0.545. The van der Waals surface area contributed by atoms with Gasteiger partial charge < -0.3 is 5.32 Å². The fraction of sp³-hybridized carbons (Fsp3) is 1.00. The van der Waals surface area contributed by atoms with E-state index < -0.39 is 0 Å². The van der Waals surface area contributed by atoms with Crippen molar-refractivity contribution >= 4 is 0 Å². The zero-order chi connectivity index (χ0) is 13.0. The third-order valence-electron chi connectivity index (χ3n) is 7.41. The molecule has 0 saturated heterocycles. The Hall–Kier alpha value is -0.0400. The molecule has 1 nitrogen and oxygen atoms in total. The van der Waals surface area contributed by atoms with Gasteiger partial charge in [0.2, 0.25) is 0 Å². The van der Waals surface area contributed by atoms with Crippen LogP contribution >= 0.6 is 0 Å². The number of rotatable bonds is 3. The van der Waals surface area contributed by atoms with E-state index in [0.29, 0.717) is 10.8 Å². The molecule has 0 aliphatic heterocycles. The van der Waals surface area contributed by atoms with Crippen LogP contribution < -0.4 is 5.32 Å². The lowest BCUT2D eigenvalue weighted by molar-refractivity contribution is 0.0219. The second-order valence-electron chi connectivity index (χ2n) is 8.42. The molecule has 3 saturated carbocycles. The molecule has 0 amide bonds. The van der Waals surface area contributed by atoms with Gasteiger partial charge in [-0.05, 0) is 54.4 Å². The summed E-state index contributed by atoms with van der Waals surface area (Å²) in [5.41, 5.74) is 1.81. The average Bonchev–Trinajstić information content (AvgIpc) is 2.71. The molecular weight excluding hydrogens is 218 g/mol. The lowest BCUT2D eigenvalue weighted by atomic mass is 9.57. The molecule has 3 fully saturated rings. The minimum Gasteiger partial charge on any atom is -0.313 e. The van der Waals surface area contributed by atoms with Gasteiger partial charge in [-0.25, -0.2) is 0 Å². The molecule has 1 unspecified atom stereocenters. The quantitative estimate of drug-likeness (QED) is 0.783. The molecule has 1 spiro atoms. The van der Waals surface area contributed by atoms with E-state index in [-0.39, 0.29) is 0 Å². The highest BCUT2D eigenvalue weighted by atomic mass is 15.0. The van der Waals surface area contributed by atoms with E-state index in [9.17, 15) is 0 Å². The first kappa shape index (κ1) is 13.0. The van der Waals surface area contributed by atoms with Crippen LogP contribution in [0.2, 0.25) is 0 Å². The van der Waals surface area contributed by atoms with E-state index in [1.807, 2.05) is 0 Å². The van der Waals surface area contributed by atoms with E-state index >= 15 is 0 Å². The zero-order valence-electron chi connectivity index (χ0n) is 12.8. The Kier molecular flexibility index (Phi) is 2.86. The maximum Gasteiger partial charge on any atom is 0.0124 e. The monoisotopic (exact) mass is 249 g/mol. The summed E-state index contributed by atoms with van der Waals surface area (Å²) in [6, 6.07) is 0.852. The number of hydrogen-bond acceptors (Lipinski definition) is 1. The van der Waals surface area contributed by atoms with E-state index in [4.69, 9.17) is 0 Å². The lowest BCUT2D eigenvalue weighted by Gasteiger charge is -2.52. The predicted octanol–water partition coefficient (Wildman–Crippen LogP) is 4.37. The first-order chi connectivity index (χ1) is 8.40. The fourth-order valence-electron chi connectivity index (χ4n) is 4.97. The molecule has 0 radical (unpaired) electrons. The van der Waals surface area contributed by atoms with Crippen LogP contribution in [-0.4, -0.2) is 12.6 Å². The summed E-state index contributed by atoms with van der Waals surface area (Å²) < 4.78 is 0. The van der Waals surface area contributed by atoms with E-state index in [2.05, 4.69) is 33.0 Å². The molecule has 1 atom stereocenters. The Balaban J connectivity index is 1.53. The van der Waals surface area contributed by atoms with Gasteiger partial charge in [-0.2, -0.15) is 0 Å². The van der Waals surface area contributed by atoms with E-state index in [0.717, 1.165) is 17.4 Å². The van der Waals surface area contributed by atoms with Gasteiger partial charge in [0.15, 0.2) is 0 Å². The first-order valence-corrected chi connectivity index (χ1v) is 8.14. The van der Waals surface area contributed by atoms with Gasteiger partial charge in [-0.1, -0.05) is 47.0 Å². The van der Waals surface area contributed by atoms with Crippen LogP contribution in [0, 0.1) is 22.2 Å². The van der Waals surface area contributed by atoms with Crippen LogP contribution in [0.1, 0.15) is 72.6 Å². The molecule has 3 aliphatic carbocycles. The van der Waals surface area contributed by atoms with Crippen LogP contribution in [-0.2, 0) is 0 Å². The van der Waals surface area contributed by atoms with Crippen LogP contribution in [0.4, 0.5) is 0 Å². The normalized spacial score (nSPS) is 36.3. The van der Waals surface area contributed by atoms with Gasteiger partial charge in [0.1, 0.15) is 0 Å². The largest absolute Gasteiger partial charge is 0.313 e. The number of nitrogens with one attached hydrogen (secondary N) is 1. The topological polar surface area (TPSA) is 12.0 Å². The molecule has 0 aromatic rings. The van der Waals surface area contributed by atoms with E-state index in [1.165, 1.54) is 51.5 Å². The maximum atomic E-state index is 3.95. The van der Waals surface area contributed by atoms with Crippen LogP contribution in [0.5, 0.6) is 0 Å². The van der Waals surface area contributed by atoms with Crippen LogP contribution in [0.3, 0.4) is 0 Å². The highest BCUT2D eigenvalue weighted by molar-refractivity contribution is 5.13. The summed E-state index contributed by atoms with van der Waals surface area (Å²) in [5, 5.41) is 3.95. The summed E-state index contributed by atoms with van der Waals surface area (Å²) in [5.74, 6) is 0.881. The molecule has 0 heterocycles. The fourth-order valence-corrected chi connectivity index (χ4v) is 4.97. The van der Waals surface area contributed by atoms with Crippen molar-refractivity contribution in [3.63, 3.8) is 0 Å². The van der Waals surface area contributed by atoms with Crippen molar-refractivity contribution in [2.45, 2.75) is 78.7 Å². The van der Waals surface area contributed by atoms with Crippen molar-refractivity contribution in [2.24, 2.45) is 22.2 Å². The molecule has 1 heteroatoms. The number of hydrogen-bond donors (Lipinski definition) is 1. The van der Waals surface area contributed by atoms with Crippen LogP contribution in [0.25, 0.3) is 0 Å². The minimum absolute atomic E-state index is 0.545. The van der Waals surface area contributed by atoms with Gasteiger partial charge in [-0.3, -0.25) is 0 Å². The van der Waals surface area contributed by atoms with Crippen molar-refractivity contribution in [1.82, 2.24) is 5.32 Å². The Morgan fingerprint density at radius 3 is 1.94 bits per heavy atom. The summed E-state index contributed by atoms with van der Waals surface area (Å²) in [7, 11) is 0. The Morgan fingerprint density at radius 1 is 0.889 bits per heavy atom. The Bertz CT molecular complexity index is 309. The Labute approximate surface area is 113 Å². The molecule has 0 aromatic heterocycles. The highest BCUT2D eigenvalue weighted by Gasteiger charge is 2.64. The smallest absolute Gasteiger partial charge is 0.0124 e.